The highest BCUT2D eigenvalue weighted by Crippen LogP contribution is 2.48. The quantitative estimate of drug-likeness (QED) is 0.549. The van der Waals surface area contributed by atoms with Crippen LogP contribution in [0, 0.1) is 6.92 Å². The molecule has 3 heterocycles. The van der Waals surface area contributed by atoms with Crippen molar-refractivity contribution in [1.29, 1.82) is 0 Å². The van der Waals surface area contributed by atoms with Crippen molar-refractivity contribution < 1.29 is 33.2 Å². The molecular weight excluding hydrogens is 424 g/mol. The van der Waals surface area contributed by atoms with Gasteiger partial charge in [0.2, 0.25) is 13.6 Å². The molecule has 0 bridgehead atoms. The molecule has 166 valence electrons. The minimum atomic E-state index is -0.706. The molecule has 0 N–H and O–H groups in total. The molecule has 3 aromatic carbocycles. The number of rotatable bonds is 3. The molecule has 7 nitrogen and oxygen atoms in total. The predicted molar refractivity (Wildman–Crippen MR) is 118 cm³/mol. The topological polar surface area (TPSA) is 72.5 Å². The van der Waals surface area contributed by atoms with E-state index in [0.29, 0.717) is 34.3 Å². The first-order chi connectivity index (χ1) is 16.1. The summed E-state index contributed by atoms with van der Waals surface area (Å²) in [6.45, 7) is 2.33. The molecule has 0 fully saturated rings. The van der Waals surface area contributed by atoms with Crippen LogP contribution in [-0.2, 0) is 9.53 Å². The molecule has 0 amide bonds. The fourth-order valence-corrected chi connectivity index (χ4v) is 4.40. The fourth-order valence-electron chi connectivity index (χ4n) is 4.40. The number of hydrogen-bond acceptors (Lipinski definition) is 7. The Balaban J connectivity index is 1.61. The summed E-state index contributed by atoms with van der Waals surface area (Å²) in [7, 11) is 1.37. The molecular formula is C26H20O7. The molecule has 7 heteroatoms. The molecule has 1 unspecified atom stereocenters. The summed E-state index contributed by atoms with van der Waals surface area (Å²) < 4.78 is 33.7. The second kappa shape index (κ2) is 7.48. The fraction of sp³-hybridized carbons (Fsp3) is 0.192. The van der Waals surface area contributed by atoms with E-state index in [4.69, 9.17) is 28.4 Å². The lowest BCUT2D eigenvalue weighted by molar-refractivity contribution is -0.137. The van der Waals surface area contributed by atoms with Gasteiger partial charge in [-0.3, -0.25) is 0 Å². The molecule has 0 radical (unpaired) electrons. The van der Waals surface area contributed by atoms with E-state index in [9.17, 15) is 4.79 Å². The van der Waals surface area contributed by atoms with Crippen LogP contribution in [0.25, 0.3) is 5.57 Å². The zero-order valence-corrected chi connectivity index (χ0v) is 18.0. The first-order valence-corrected chi connectivity index (χ1v) is 10.5. The van der Waals surface area contributed by atoms with Gasteiger partial charge in [0.05, 0.1) is 12.7 Å². The lowest BCUT2D eigenvalue weighted by Crippen LogP contribution is -2.24. The lowest BCUT2D eigenvalue weighted by Gasteiger charge is -2.31. The Morgan fingerprint density at radius 1 is 0.818 bits per heavy atom. The maximum Gasteiger partial charge on any atom is 0.338 e. The smallest absolute Gasteiger partial charge is 0.338 e. The minimum Gasteiger partial charge on any atom is -0.480 e. The second-order valence-electron chi connectivity index (χ2n) is 7.96. The van der Waals surface area contributed by atoms with Crippen LogP contribution < -0.4 is 23.7 Å². The second-order valence-corrected chi connectivity index (χ2v) is 7.96. The Morgan fingerprint density at radius 3 is 2.24 bits per heavy atom. The molecule has 0 aliphatic carbocycles. The maximum absolute atomic E-state index is 13.2. The normalized spacial score (nSPS) is 17.5. The predicted octanol–water partition coefficient (Wildman–Crippen LogP) is 4.56. The summed E-state index contributed by atoms with van der Waals surface area (Å²) in [4.78, 5) is 13.2. The van der Waals surface area contributed by atoms with Crippen LogP contribution in [0.2, 0.25) is 0 Å². The third kappa shape index (κ3) is 3.16. The molecule has 1 atom stereocenters. The Morgan fingerprint density at radius 2 is 1.48 bits per heavy atom. The van der Waals surface area contributed by atoms with Gasteiger partial charge in [0.1, 0.15) is 5.75 Å². The molecule has 0 saturated carbocycles. The van der Waals surface area contributed by atoms with Gasteiger partial charge >= 0.3 is 5.97 Å². The van der Waals surface area contributed by atoms with Gasteiger partial charge in [0.15, 0.2) is 29.1 Å². The van der Waals surface area contributed by atoms with Gasteiger partial charge in [0, 0.05) is 16.7 Å². The van der Waals surface area contributed by atoms with Crippen molar-refractivity contribution >= 4 is 11.5 Å². The van der Waals surface area contributed by atoms with Crippen LogP contribution in [0.15, 0.2) is 60.2 Å². The summed E-state index contributed by atoms with van der Waals surface area (Å²) >= 11 is 0. The van der Waals surface area contributed by atoms with Crippen molar-refractivity contribution in [3.63, 3.8) is 0 Å². The molecule has 6 rings (SSSR count). The van der Waals surface area contributed by atoms with Gasteiger partial charge in [-0.2, -0.15) is 0 Å². The van der Waals surface area contributed by atoms with Crippen LogP contribution >= 0.6 is 0 Å². The Kier molecular flexibility index (Phi) is 4.43. The van der Waals surface area contributed by atoms with Gasteiger partial charge < -0.3 is 28.4 Å². The highest BCUT2D eigenvalue weighted by molar-refractivity contribution is 6.05. The number of fused-ring (bicyclic) bond motifs is 3. The van der Waals surface area contributed by atoms with Crippen LogP contribution in [0.5, 0.6) is 28.7 Å². The van der Waals surface area contributed by atoms with Gasteiger partial charge in [-0.1, -0.05) is 23.8 Å². The first-order valence-electron chi connectivity index (χ1n) is 10.5. The molecule has 0 spiro atoms. The van der Waals surface area contributed by atoms with E-state index in [1.54, 1.807) is 0 Å². The molecule has 0 aromatic heterocycles. The Bertz CT molecular complexity index is 1320. The number of carbonyl (C=O) groups is 1. The van der Waals surface area contributed by atoms with E-state index in [2.05, 4.69) is 0 Å². The number of benzene rings is 3. The van der Waals surface area contributed by atoms with Crippen LogP contribution in [0.3, 0.4) is 0 Å². The minimum absolute atomic E-state index is 0.161. The average molecular weight is 444 g/mol. The number of ether oxygens (including phenoxy) is 6. The van der Waals surface area contributed by atoms with Gasteiger partial charge in [0.25, 0.3) is 0 Å². The first kappa shape index (κ1) is 19.5. The maximum atomic E-state index is 13.2. The number of methoxy groups -OCH3 is 1. The van der Waals surface area contributed by atoms with Gasteiger partial charge in [-0.25, -0.2) is 4.79 Å². The highest BCUT2D eigenvalue weighted by atomic mass is 16.7. The number of esters is 1. The molecule has 0 saturated heterocycles. The standard InChI is InChI=1S/C26H20O7/c1-14-3-6-18-17(9-14)23(15-4-7-19-21(10-15)31-12-29-19)24(26(27)28-2)25(33-18)16-5-8-20-22(11-16)32-13-30-20/h3-11,25H,12-13H2,1-2H3. The summed E-state index contributed by atoms with van der Waals surface area (Å²) in [5.74, 6) is 2.76. The lowest BCUT2D eigenvalue weighted by atomic mass is 9.85. The van der Waals surface area contributed by atoms with E-state index in [-0.39, 0.29) is 13.6 Å². The van der Waals surface area contributed by atoms with E-state index in [1.165, 1.54) is 7.11 Å². The Hall–Kier alpha value is -4.13. The highest BCUT2D eigenvalue weighted by Gasteiger charge is 2.37. The van der Waals surface area contributed by atoms with Crippen molar-refractivity contribution in [2.24, 2.45) is 0 Å². The summed E-state index contributed by atoms with van der Waals surface area (Å²) in [5.41, 5.74) is 4.54. The molecule has 3 aromatic rings. The molecule has 33 heavy (non-hydrogen) atoms. The van der Waals surface area contributed by atoms with E-state index in [1.807, 2.05) is 61.5 Å². The van der Waals surface area contributed by atoms with Crippen LogP contribution in [0.4, 0.5) is 0 Å². The average Bonchev–Trinajstić information content (AvgIpc) is 3.50. The number of aryl methyl sites for hydroxylation is 1. The monoisotopic (exact) mass is 444 g/mol. The molecule has 3 aliphatic rings. The number of hydrogen-bond donors (Lipinski definition) is 0. The third-order valence-electron chi connectivity index (χ3n) is 5.95. The van der Waals surface area contributed by atoms with Gasteiger partial charge in [-0.05, 0) is 48.9 Å². The summed E-state index contributed by atoms with van der Waals surface area (Å²) in [6, 6.07) is 17.1. The van der Waals surface area contributed by atoms with E-state index < -0.39 is 12.1 Å². The zero-order chi connectivity index (χ0) is 22.5. The van der Waals surface area contributed by atoms with E-state index >= 15 is 0 Å². The summed E-state index contributed by atoms with van der Waals surface area (Å²) in [6.07, 6.45) is -0.706. The van der Waals surface area contributed by atoms with Crippen LogP contribution in [-0.4, -0.2) is 26.7 Å². The van der Waals surface area contributed by atoms with Crippen LogP contribution in [0.1, 0.15) is 28.4 Å². The molecule has 3 aliphatic heterocycles. The van der Waals surface area contributed by atoms with Crippen molar-refractivity contribution in [3.05, 3.63) is 82.4 Å². The Labute approximate surface area is 190 Å². The SMILES string of the molecule is COC(=O)C1=C(c2ccc3c(c2)OCO3)c2cc(C)ccc2OC1c1ccc2c(c1)OCO2. The zero-order valence-electron chi connectivity index (χ0n) is 18.0. The van der Waals surface area contributed by atoms with Crippen molar-refractivity contribution in [2.75, 3.05) is 20.7 Å². The largest absolute Gasteiger partial charge is 0.480 e. The third-order valence-corrected chi connectivity index (χ3v) is 5.95. The van der Waals surface area contributed by atoms with Crippen molar-refractivity contribution in [2.45, 2.75) is 13.0 Å². The van der Waals surface area contributed by atoms with Crippen molar-refractivity contribution in [1.82, 2.24) is 0 Å². The van der Waals surface area contributed by atoms with E-state index in [0.717, 1.165) is 27.8 Å². The van der Waals surface area contributed by atoms with Crippen molar-refractivity contribution in [3.8, 4) is 28.7 Å². The number of carbonyl (C=O) groups excluding carboxylic acids is 1. The van der Waals surface area contributed by atoms with Gasteiger partial charge in [-0.15, -0.1) is 0 Å². The summed E-state index contributed by atoms with van der Waals surface area (Å²) in [5, 5.41) is 0.